The van der Waals surface area contributed by atoms with Crippen LogP contribution in [0.25, 0.3) is 0 Å². The first-order valence-corrected chi connectivity index (χ1v) is 7.68. The number of ether oxygens (including phenoxy) is 1. The smallest absolute Gasteiger partial charge is 0.119 e. The van der Waals surface area contributed by atoms with Crippen molar-refractivity contribution in [2.45, 2.75) is 51.4 Å². The van der Waals surface area contributed by atoms with Gasteiger partial charge in [0.25, 0.3) is 0 Å². The Hall–Kier alpha value is -1.24. The molecular weight excluding hydrogens is 232 g/mol. The fraction of sp³-hybridized carbons (Fsp3) is 0.556. The topological polar surface area (TPSA) is 9.23 Å². The Morgan fingerprint density at radius 1 is 1.16 bits per heavy atom. The third-order valence-corrected chi connectivity index (χ3v) is 4.22. The highest BCUT2D eigenvalue weighted by Crippen LogP contribution is 2.36. The van der Waals surface area contributed by atoms with E-state index in [4.69, 9.17) is 4.74 Å². The Morgan fingerprint density at radius 3 is 2.42 bits per heavy atom. The average Bonchev–Trinajstić information content (AvgIpc) is 2.48. The Labute approximate surface area is 117 Å². The first-order chi connectivity index (χ1) is 9.33. The molecule has 1 aromatic rings. The van der Waals surface area contributed by atoms with Crippen LogP contribution in [0.2, 0.25) is 0 Å². The highest BCUT2D eigenvalue weighted by Gasteiger charge is 2.20. The van der Waals surface area contributed by atoms with Crippen LogP contribution in [0.4, 0.5) is 0 Å². The summed E-state index contributed by atoms with van der Waals surface area (Å²) in [6, 6.07) is 8.76. The fourth-order valence-electron chi connectivity index (χ4n) is 2.86. The van der Waals surface area contributed by atoms with Gasteiger partial charge in [-0.3, -0.25) is 0 Å². The predicted molar refractivity (Wildman–Crippen MR) is 81.7 cm³/mol. The molecule has 0 radical (unpaired) electrons. The lowest BCUT2D eigenvalue weighted by Crippen LogP contribution is -2.11. The Morgan fingerprint density at radius 2 is 1.84 bits per heavy atom. The monoisotopic (exact) mass is 258 g/mol. The second kappa shape index (κ2) is 7.37. The number of hydrogen-bond acceptors (Lipinski definition) is 1. The second-order valence-corrected chi connectivity index (χ2v) is 5.62. The van der Waals surface area contributed by atoms with E-state index in [0.29, 0.717) is 0 Å². The fourth-order valence-corrected chi connectivity index (χ4v) is 2.86. The largest absolute Gasteiger partial charge is 0.494 e. The molecule has 1 aliphatic rings. The molecular formula is C18H26O. The van der Waals surface area contributed by atoms with Crippen molar-refractivity contribution < 1.29 is 4.74 Å². The molecule has 0 heterocycles. The van der Waals surface area contributed by atoms with Gasteiger partial charge < -0.3 is 4.74 Å². The highest BCUT2D eigenvalue weighted by atomic mass is 16.5. The summed E-state index contributed by atoms with van der Waals surface area (Å²) in [6.07, 6.45) is 9.63. The van der Waals surface area contributed by atoms with Crippen molar-refractivity contribution in [3.8, 4) is 5.75 Å². The average molecular weight is 258 g/mol. The molecule has 2 rings (SSSR count). The van der Waals surface area contributed by atoms with Gasteiger partial charge >= 0.3 is 0 Å². The van der Waals surface area contributed by atoms with Crippen LogP contribution >= 0.6 is 0 Å². The van der Waals surface area contributed by atoms with Crippen LogP contribution in [0.3, 0.4) is 0 Å². The molecule has 1 heteroatoms. The third kappa shape index (κ3) is 4.12. The molecule has 1 saturated carbocycles. The van der Waals surface area contributed by atoms with E-state index in [1.165, 1.54) is 37.7 Å². The zero-order valence-electron chi connectivity index (χ0n) is 12.1. The lowest BCUT2D eigenvalue weighted by Gasteiger charge is -2.27. The van der Waals surface area contributed by atoms with Gasteiger partial charge in [0.15, 0.2) is 0 Å². The van der Waals surface area contributed by atoms with Crippen LogP contribution < -0.4 is 4.74 Å². The van der Waals surface area contributed by atoms with Gasteiger partial charge in [-0.25, -0.2) is 0 Å². The summed E-state index contributed by atoms with van der Waals surface area (Å²) >= 11 is 0. The molecule has 0 atom stereocenters. The molecule has 19 heavy (non-hydrogen) atoms. The standard InChI is InChI=1S/C18H26O/c1-3-5-14-19-18-12-10-17(11-13-18)16-8-6-15(4-2)7-9-16/h4,10-13,15-16H,2-3,5-9,14H2,1H3. The van der Waals surface area contributed by atoms with E-state index in [1.807, 2.05) is 0 Å². The van der Waals surface area contributed by atoms with Gasteiger partial charge in [-0.2, -0.15) is 0 Å². The molecule has 0 aromatic heterocycles. The van der Waals surface area contributed by atoms with E-state index in [1.54, 1.807) is 0 Å². The van der Waals surface area contributed by atoms with Crippen molar-refractivity contribution in [1.29, 1.82) is 0 Å². The van der Waals surface area contributed by atoms with Crippen LogP contribution in [0.15, 0.2) is 36.9 Å². The number of hydrogen-bond donors (Lipinski definition) is 0. The zero-order valence-corrected chi connectivity index (χ0v) is 12.1. The molecule has 0 spiro atoms. The summed E-state index contributed by atoms with van der Waals surface area (Å²) in [6.45, 7) is 6.93. The van der Waals surface area contributed by atoms with Crippen molar-refractivity contribution >= 4 is 0 Å². The molecule has 0 N–H and O–H groups in total. The maximum atomic E-state index is 5.71. The van der Waals surface area contributed by atoms with Gasteiger partial charge in [0.1, 0.15) is 5.75 Å². The van der Waals surface area contributed by atoms with Gasteiger partial charge in [-0.15, -0.1) is 6.58 Å². The van der Waals surface area contributed by atoms with Crippen molar-refractivity contribution in [2.24, 2.45) is 5.92 Å². The van der Waals surface area contributed by atoms with Crippen LogP contribution in [0, 0.1) is 5.92 Å². The minimum Gasteiger partial charge on any atom is -0.494 e. The number of rotatable bonds is 6. The summed E-state index contributed by atoms with van der Waals surface area (Å²) in [5.74, 6) is 2.49. The quantitative estimate of drug-likeness (QED) is 0.495. The Kier molecular flexibility index (Phi) is 5.50. The van der Waals surface area contributed by atoms with Gasteiger partial charge in [0.05, 0.1) is 6.61 Å². The van der Waals surface area contributed by atoms with Crippen molar-refractivity contribution in [3.63, 3.8) is 0 Å². The van der Waals surface area contributed by atoms with E-state index < -0.39 is 0 Å². The molecule has 0 saturated heterocycles. The van der Waals surface area contributed by atoms with Crippen LogP contribution in [0.5, 0.6) is 5.75 Å². The Balaban J connectivity index is 1.86. The molecule has 1 nitrogen and oxygen atoms in total. The minimum absolute atomic E-state index is 0.737. The summed E-state index contributed by atoms with van der Waals surface area (Å²) in [7, 11) is 0. The molecule has 0 unspecified atom stereocenters. The number of unbranched alkanes of at least 4 members (excludes halogenated alkanes) is 1. The normalized spacial score (nSPS) is 23.0. The SMILES string of the molecule is C=CC1CCC(c2ccc(OCCCC)cc2)CC1. The lowest BCUT2D eigenvalue weighted by atomic mass is 9.79. The van der Waals surface area contributed by atoms with E-state index in [2.05, 4.69) is 43.8 Å². The van der Waals surface area contributed by atoms with Gasteiger partial charge in [0, 0.05) is 0 Å². The third-order valence-electron chi connectivity index (χ3n) is 4.22. The van der Waals surface area contributed by atoms with Crippen LogP contribution in [0.1, 0.15) is 56.9 Å². The lowest BCUT2D eigenvalue weighted by molar-refractivity contribution is 0.309. The first-order valence-electron chi connectivity index (χ1n) is 7.68. The second-order valence-electron chi connectivity index (χ2n) is 5.62. The summed E-state index contributed by atoms with van der Waals surface area (Å²) in [4.78, 5) is 0. The Bertz CT molecular complexity index is 371. The van der Waals surface area contributed by atoms with Gasteiger partial charge in [0.2, 0.25) is 0 Å². The molecule has 1 aliphatic carbocycles. The van der Waals surface area contributed by atoms with Crippen LogP contribution in [-0.4, -0.2) is 6.61 Å². The minimum atomic E-state index is 0.737. The molecule has 0 amide bonds. The summed E-state index contributed by atoms with van der Waals surface area (Å²) in [5.41, 5.74) is 1.48. The highest BCUT2D eigenvalue weighted by molar-refractivity contribution is 5.29. The van der Waals surface area contributed by atoms with Crippen molar-refractivity contribution in [2.75, 3.05) is 6.61 Å². The molecule has 104 valence electrons. The van der Waals surface area contributed by atoms with Crippen molar-refractivity contribution in [1.82, 2.24) is 0 Å². The van der Waals surface area contributed by atoms with Gasteiger partial charge in [-0.1, -0.05) is 31.6 Å². The molecule has 1 aromatic carbocycles. The molecule has 0 bridgehead atoms. The number of benzene rings is 1. The molecule has 0 aliphatic heterocycles. The van der Waals surface area contributed by atoms with E-state index in [9.17, 15) is 0 Å². The van der Waals surface area contributed by atoms with Crippen molar-refractivity contribution in [3.05, 3.63) is 42.5 Å². The summed E-state index contributed by atoms with van der Waals surface area (Å²) in [5, 5.41) is 0. The van der Waals surface area contributed by atoms with Crippen LogP contribution in [-0.2, 0) is 0 Å². The summed E-state index contributed by atoms with van der Waals surface area (Å²) < 4.78 is 5.71. The first kappa shape index (κ1) is 14.2. The van der Waals surface area contributed by atoms with Gasteiger partial charge in [-0.05, 0) is 61.6 Å². The maximum Gasteiger partial charge on any atom is 0.119 e. The predicted octanol–water partition coefficient (Wildman–Crippen LogP) is 5.33. The maximum absolute atomic E-state index is 5.71. The van der Waals surface area contributed by atoms with E-state index in [-0.39, 0.29) is 0 Å². The molecule has 1 fully saturated rings. The number of allylic oxidation sites excluding steroid dienone is 1. The van der Waals surface area contributed by atoms with E-state index in [0.717, 1.165) is 30.6 Å². The van der Waals surface area contributed by atoms with E-state index >= 15 is 0 Å². The zero-order chi connectivity index (χ0) is 13.5.